The summed E-state index contributed by atoms with van der Waals surface area (Å²) < 4.78 is 2.00. The first-order chi connectivity index (χ1) is 9.24. The Morgan fingerprint density at radius 3 is 2.79 bits per heavy atom. The molecular formula is C14H14N4O. The lowest BCUT2D eigenvalue weighted by molar-refractivity contribution is -0.115. The highest BCUT2D eigenvalue weighted by Gasteiger charge is 2.04. The lowest BCUT2D eigenvalue weighted by Gasteiger charge is -2.08. The second kappa shape index (κ2) is 5.83. The van der Waals surface area contributed by atoms with Gasteiger partial charge in [0.2, 0.25) is 5.91 Å². The van der Waals surface area contributed by atoms with Crippen LogP contribution in [0.5, 0.6) is 0 Å². The van der Waals surface area contributed by atoms with Gasteiger partial charge in [-0.15, -0.1) is 0 Å². The van der Waals surface area contributed by atoms with Crippen molar-refractivity contribution in [2.24, 2.45) is 0 Å². The standard InChI is InChI=1S/C14H14N4O/c1-2-13-16-9-10-18(13)12-5-3-11(4-6-12)17-14(19)7-8-15/h3-6,9-10H,2,7H2,1H3,(H,17,19). The minimum atomic E-state index is -0.299. The molecule has 0 saturated heterocycles. The highest BCUT2D eigenvalue weighted by Crippen LogP contribution is 2.15. The molecule has 5 nitrogen and oxygen atoms in total. The maximum Gasteiger partial charge on any atom is 0.238 e. The Kier molecular flexibility index (Phi) is 3.94. The Morgan fingerprint density at radius 2 is 2.16 bits per heavy atom. The van der Waals surface area contributed by atoms with Crippen molar-refractivity contribution >= 4 is 11.6 Å². The minimum absolute atomic E-state index is 0.136. The quantitative estimate of drug-likeness (QED) is 0.909. The molecule has 1 aromatic carbocycles. The lowest BCUT2D eigenvalue weighted by atomic mass is 10.2. The molecule has 0 fully saturated rings. The fourth-order valence-corrected chi connectivity index (χ4v) is 1.81. The van der Waals surface area contributed by atoms with E-state index in [9.17, 15) is 4.79 Å². The zero-order valence-corrected chi connectivity index (χ0v) is 10.6. The van der Waals surface area contributed by atoms with Crippen LogP contribution in [0.1, 0.15) is 19.2 Å². The molecule has 0 atom stereocenters. The van der Waals surface area contributed by atoms with Gasteiger partial charge in [0.1, 0.15) is 12.2 Å². The van der Waals surface area contributed by atoms with Gasteiger partial charge in [-0.05, 0) is 24.3 Å². The average molecular weight is 254 g/mol. The highest BCUT2D eigenvalue weighted by atomic mass is 16.1. The molecule has 0 unspecified atom stereocenters. The first kappa shape index (κ1) is 12.8. The lowest BCUT2D eigenvalue weighted by Crippen LogP contribution is -2.10. The molecule has 0 aliphatic carbocycles. The Labute approximate surface area is 111 Å². The SMILES string of the molecule is CCc1nccn1-c1ccc(NC(=O)CC#N)cc1. The summed E-state index contributed by atoms with van der Waals surface area (Å²) in [4.78, 5) is 15.5. The summed E-state index contributed by atoms with van der Waals surface area (Å²) in [7, 11) is 0. The molecule has 0 saturated carbocycles. The molecule has 0 aliphatic rings. The van der Waals surface area contributed by atoms with Crippen molar-refractivity contribution in [3.8, 4) is 11.8 Å². The molecule has 0 radical (unpaired) electrons. The van der Waals surface area contributed by atoms with Crippen molar-refractivity contribution in [3.63, 3.8) is 0 Å². The van der Waals surface area contributed by atoms with Crippen LogP contribution in [0, 0.1) is 11.3 Å². The minimum Gasteiger partial charge on any atom is -0.325 e. The van der Waals surface area contributed by atoms with Gasteiger partial charge < -0.3 is 9.88 Å². The monoisotopic (exact) mass is 254 g/mol. The van der Waals surface area contributed by atoms with E-state index in [0.717, 1.165) is 17.9 Å². The number of hydrogen-bond acceptors (Lipinski definition) is 3. The van der Waals surface area contributed by atoms with Crippen LogP contribution in [0.25, 0.3) is 5.69 Å². The summed E-state index contributed by atoms with van der Waals surface area (Å²) in [5.74, 6) is 0.688. The number of imidazole rings is 1. The number of rotatable bonds is 4. The number of carbonyl (C=O) groups excluding carboxylic acids is 1. The van der Waals surface area contributed by atoms with Gasteiger partial charge in [-0.1, -0.05) is 6.92 Å². The van der Waals surface area contributed by atoms with Crippen LogP contribution in [0.3, 0.4) is 0 Å². The van der Waals surface area contributed by atoms with Gasteiger partial charge in [0, 0.05) is 30.2 Å². The van der Waals surface area contributed by atoms with E-state index < -0.39 is 0 Å². The molecule has 0 bridgehead atoms. The number of amides is 1. The van der Waals surface area contributed by atoms with Gasteiger partial charge in [-0.25, -0.2) is 4.98 Å². The first-order valence-corrected chi connectivity index (χ1v) is 6.04. The van der Waals surface area contributed by atoms with E-state index >= 15 is 0 Å². The molecule has 1 aromatic heterocycles. The fraction of sp³-hybridized carbons (Fsp3) is 0.214. The summed E-state index contributed by atoms with van der Waals surface area (Å²) >= 11 is 0. The number of aryl methyl sites for hydroxylation is 1. The van der Waals surface area contributed by atoms with Crippen molar-refractivity contribution < 1.29 is 4.79 Å². The highest BCUT2D eigenvalue weighted by molar-refractivity contribution is 5.92. The van der Waals surface area contributed by atoms with Crippen LogP contribution in [0.2, 0.25) is 0 Å². The molecule has 1 heterocycles. The Hall–Kier alpha value is -2.61. The van der Waals surface area contributed by atoms with Gasteiger partial charge in [-0.2, -0.15) is 5.26 Å². The number of carbonyl (C=O) groups is 1. The maximum absolute atomic E-state index is 11.3. The number of benzene rings is 1. The molecular weight excluding hydrogens is 240 g/mol. The number of anilines is 1. The van der Waals surface area contributed by atoms with Gasteiger partial charge in [0.25, 0.3) is 0 Å². The molecule has 0 spiro atoms. The van der Waals surface area contributed by atoms with Crippen molar-refractivity contribution in [2.45, 2.75) is 19.8 Å². The number of nitrogens with zero attached hydrogens (tertiary/aromatic N) is 3. The summed E-state index contributed by atoms with van der Waals surface area (Å²) in [5.41, 5.74) is 1.68. The molecule has 5 heteroatoms. The smallest absolute Gasteiger partial charge is 0.238 e. The largest absolute Gasteiger partial charge is 0.325 e. The number of nitriles is 1. The Morgan fingerprint density at radius 1 is 1.42 bits per heavy atom. The third-order valence-corrected chi connectivity index (χ3v) is 2.70. The van der Waals surface area contributed by atoms with E-state index in [4.69, 9.17) is 5.26 Å². The number of hydrogen-bond donors (Lipinski definition) is 1. The van der Waals surface area contributed by atoms with Crippen LogP contribution < -0.4 is 5.32 Å². The molecule has 1 amide bonds. The molecule has 1 N–H and O–H groups in total. The van der Waals surface area contributed by atoms with Gasteiger partial charge in [-0.3, -0.25) is 4.79 Å². The summed E-state index contributed by atoms with van der Waals surface area (Å²) in [6, 6.07) is 9.24. The number of nitrogens with one attached hydrogen (secondary N) is 1. The predicted molar refractivity (Wildman–Crippen MR) is 71.8 cm³/mol. The van der Waals surface area contributed by atoms with Gasteiger partial charge in [0.15, 0.2) is 0 Å². The van der Waals surface area contributed by atoms with Gasteiger partial charge in [0.05, 0.1) is 6.07 Å². The van der Waals surface area contributed by atoms with E-state index in [-0.39, 0.29) is 12.3 Å². The number of aromatic nitrogens is 2. The van der Waals surface area contributed by atoms with Crippen molar-refractivity contribution in [3.05, 3.63) is 42.5 Å². The van der Waals surface area contributed by atoms with Crippen molar-refractivity contribution in [1.82, 2.24) is 9.55 Å². The maximum atomic E-state index is 11.3. The molecule has 2 aromatic rings. The van der Waals surface area contributed by atoms with Crippen LogP contribution >= 0.6 is 0 Å². The zero-order chi connectivity index (χ0) is 13.7. The van der Waals surface area contributed by atoms with Gasteiger partial charge >= 0.3 is 0 Å². The second-order valence-corrected chi connectivity index (χ2v) is 4.00. The molecule has 19 heavy (non-hydrogen) atoms. The normalized spacial score (nSPS) is 9.89. The average Bonchev–Trinajstić information content (AvgIpc) is 2.88. The first-order valence-electron chi connectivity index (χ1n) is 6.04. The fourth-order valence-electron chi connectivity index (χ4n) is 1.81. The van der Waals surface area contributed by atoms with E-state index in [1.807, 2.05) is 41.1 Å². The van der Waals surface area contributed by atoms with Crippen LogP contribution in [-0.2, 0) is 11.2 Å². The van der Waals surface area contributed by atoms with Crippen molar-refractivity contribution in [2.75, 3.05) is 5.32 Å². The Balaban J connectivity index is 2.15. The van der Waals surface area contributed by atoms with E-state index in [1.165, 1.54) is 0 Å². The zero-order valence-electron chi connectivity index (χ0n) is 10.6. The summed E-state index contributed by atoms with van der Waals surface area (Å²) in [6.07, 6.45) is 4.39. The molecule has 96 valence electrons. The Bertz CT molecular complexity index is 607. The van der Waals surface area contributed by atoms with Crippen LogP contribution in [0.15, 0.2) is 36.7 Å². The third kappa shape index (κ3) is 2.99. The van der Waals surface area contributed by atoms with E-state index in [1.54, 1.807) is 6.20 Å². The topological polar surface area (TPSA) is 70.7 Å². The van der Waals surface area contributed by atoms with Crippen LogP contribution in [0.4, 0.5) is 5.69 Å². The molecule has 2 rings (SSSR count). The van der Waals surface area contributed by atoms with E-state index in [2.05, 4.69) is 17.2 Å². The summed E-state index contributed by atoms with van der Waals surface area (Å²) in [6.45, 7) is 2.05. The molecule has 0 aliphatic heterocycles. The second-order valence-electron chi connectivity index (χ2n) is 4.00. The third-order valence-electron chi connectivity index (χ3n) is 2.70. The van der Waals surface area contributed by atoms with E-state index in [0.29, 0.717) is 5.69 Å². The summed E-state index contributed by atoms with van der Waals surface area (Å²) in [5, 5.41) is 11.1. The van der Waals surface area contributed by atoms with Crippen molar-refractivity contribution in [1.29, 1.82) is 5.26 Å². The predicted octanol–water partition coefficient (Wildman–Crippen LogP) is 2.29. The van der Waals surface area contributed by atoms with Crippen LogP contribution in [-0.4, -0.2) is 15.5 Å².